The molecule has 144 valence electrons. The number of hydrogen-bond acceptors (Lipinski definition) is 4. The molecule has 1 heterocycles. The van der Waals surface area contributed by atoms with Crippen molar-refractivity contribution >= 4 is 21.6 Å². The molecule has 2 N–H and O–H groups in total. The van der Waals surface area contributed by atoms with Gasteiger partial charge in [-0.3, -0.25) is 4.79 Å². The van der Waals surface area contributed by atoms with E-state index >= 15 is 0 Å². The molecule has 0 bridgehead atoms. The van der Waals surface area contributed by atoms with E-state index < -0.39 is 10.0 Å². The highest BCUT2D eigenvalue weighted by Gasteiger charge is 2.25. The van der Waals surface area contributed by atoms with Crippen molar-refractivity contribution in [2.45, 2.75) is 37.0 Å². The van der Waals surface area contributed by atoms with E-state index in [2.05, 4.69) is 5.32 Å². The normalized spacial score (nSPS) is 15.4. The lowest BCUT2D eigenvalue weighted by Crippen LogP contribution is -2.35. The third kappa shape index (κ3) is 4.87. The number of aryl methyl sites for hydroxylation is 1. The number of phenolic OH excluding ortho intramolecular Hbond substituents is 1. The summed E-state index contributed by atoms with van der Waals surface area (Å²) < 4.78 is 26.8. The number of amides is 1. The van der Waals surface area contributed by atoms with Gasteiger partial charge in [-0.15, -0.1) is 0 Å². The molecule has 1 aliphatic rings. The average molecular weight is 388 g/mol. The maximum Gasteiger partial charge on any atom is 0.243 e. The number of nitrogens with zero attached hydrogens (tertiary/aromatic N) is 1. The Kier molecular flexibility index (Phi) is 6.13. The summed E-state index contributed by atoms with van der Waals surface area (Å²) in [5, 5.41) is 12.4. The van der Waals surface area contributed by atoms with Gasteiger partial charge >= 0.3 is 0 Å². The second-order valence-electron chi connectivity index (χ2n) is 6.67. The van der Waals surface area contributed by atoms with Crippen LogP contribution in [0, 0.1) is 0 Å². The van der Waals surface area contributed by atoms with Crippen LogP contribution >= 0.6 is 0 Å². The number of benzene rings is 2. The monoisotopic (exact) mass is 388 g/mol. The molecule has 6 nitrogen and oxygen atoms in total. The smallest absolute Gasteiger partial charge is 0.243 e. The molecule has 0 unspecified atom stereocenters. The topological polar surface area (TPSA) is 86.7 Å². The number of nitrogens with one attached hydrogen (secondary N) is 1. The summed E-state index contributed by atoms with van der Waals surface area (Å²) in [4.78, 5) is 12.3. The van der Waals surface area contributed by atoms with Crippen molar-refractivity contribution in [1.82, 2.24) is 4.31 Å². The van der Waals surface area contributed by atoms with Gasteiger partial charge in [0.1, 0.15) is 5.75 Å². The van der Waals surface area contributed by atoms with E-state index in [1.807, 2.05) is 0 Å². The maximum atomic E-state index is 12.6. The van der Waals surface area contributed by atoms with Crippen LogP contribution < -0.4 is 5.32 Å². The molecule has 1 amide bonds. The first kappa shape index (κ1) is 19.4. The van der Waals surface area contributed by atoms with Gasteiger partial charge in [-0.1, -0.05) is 30.7 Å². The number of carbonyl (C=O) groups excluding carboxylic acids is 1. The Morgan fingerprint density at radius 2 is 1.67 bits per heavy atom. The van der Waals surface area contributed by atoms with E-state index in [4.69, 9.17) is 0 Å². The van der Waals surface area contributed by atoms with Gasteiger partial charge in [0.2, 0.25) is 15.9 Å². The van der Waals surface area contributed by atoms with Crippen molar-refractivity contribution in [1.29, 1.82) is 0 Å². The minimum atomic E-state index is -3.43. The van der Waals surface area contributed by atoms with Crippen LogP contribution in [-0.4, -0.2) is 36.8 Å². The van der Waals surface area contributed by atoms with E-state index in [1.54, 1.807) is 46.8 Å². The Bertz CT molecular complexity index is 888. The molecule has 1 fully saturated rings. The standard InChI is InChI=1S/C20H24N2O4S/c23-19-7-3-2-6-18(19)21-20(24)13-10-16-8-11-17(12-9-16)27(25,26)22-14-4-1-5-15-22/h2-3,6-9,11-12,23H,1,4-5,10,13-15H2,(H,21,24). The van der Waals surface area contributed by atoms with E-state index in [0.717, 1.165) is 24.8 Å². The summed E-state index contributed by atoms with van der Waals surface area (Å²) in [6.45, 7) is 1.16. The third-order valence-corrected chi connectivity index (χ3v) is 6.61. The summed E-state index contributed by atoms with van der Waals surface area (Å²) in [7, 11) is -3.43. The van der Waals surface area contributed by atoms with Gasteiger partial charge in [0.15, 0.2) is 0 Å². The number of hydrogen-bond donors (Lipinski definition) is 2. The summed E-state index contributed by atoms with van der Waals surface area (Å²) in [5.41, 5.74) is 1.27. The molecule has 2 aromatic rings. The summed E-state index contributed by atoms with van der Waals surface area (Å²) in [6, 6.07) is 13.3. The maximum absolute atomic E-state index is 12.6. The van der Waals surface area contributed by atoms with Gasteiger partial charge in [0.25, 0.3) is 0 Å². The third-order valence-electron chi connectivity index (χ3n) is 4.70. The molecule has 0 atom stereocenters. The van der Waals surface area contributed by atoms with Gasteiger partial charge < -0.3 is 10.4 Å². The van der Waals surface area contributed by atoms with E-state index in [9.17, 15) is 18.3 Å². The van der Waals surface area contributed by atoms with Crippen LogP contribution in [0.3, 0.4) is 0 Å². The number of aromatic hydroxyl groups is 1. The molecule has 27 heavy (non-hydrogen) atoms. The molecular weight excluding hydrogens is 364 g/mol. The van der Waals surface area contributed by atoms with Crippen LogP contribution in [0.2, 0.25) is 0 Å². The molecule has 0 radical (unpaired) electrons. The lowest BCUT2D eigenvalue weighted by atomic mass is 10.1. The van der Waals surface area contributed by atoms with Crippen LogP contribution in [-0.2, 0) is 21.2 Å². The average Bonchev–Trinajstić information content (AvgIpc) is 2.69. The van der Waals surface area contributed by atoms with Crippen molar-refractivity contribution in [3.05, 3.63) is 54.1 Å². The van der Waals surface area contributed by atoms with Gasteiger partial charge in [0.05, 0.1) is 10.6 Å². The fraction of sp³-hybridized carbons (Fsp3) is 0.350. The van der Waals surface area contributed by atoms with E-state index in [-0.39, 0.29) is 18.1 Å². The second kappa shape index (κ2) is 8.54. The molecule has 0 saturated carbocycles. The number of para-hydroxylation sites is 2. The van der Waals surface area contributed by atoms with Crippen molar-refractivity contribution in [2.24, 2.45) is 0 Å². The van der Waals surface area contributed by atoms with E-state index in [1.165, 1.54) is 6.07 Å². The Balaban J connectivity index is 1.57. The first-order valence-corrected chi connectivity index (χ1v) is 10.6. The lowest BCUT2D eigenvalue weighted by molar-refractivity contribution is -0.116. The zero-order valence-electron chi connectivity index (χ0n) is 15.1. The van der Waals surface area contributed by atoms with Crippen molar-refractivity contribution in [3.8, 4) is 5.75 Å². The Morgan fingerprint density at radius 1 is 1.00 bits per heavy atom. The predicted molar refractivity (Wildman–Crippen MR) is 104 cm³/mol. The fourth-order valence-corrected chi connectivity index (χ4v) is 4.65. The molecule has 1 aliphatic heterocycles. The second-order valence-corrected chi connectivity index (χ2v) is 8.61. The number of phenols is 1. The number of anilines is 1. The number of piperidine rings is 1. The van der Waals surface area contributed by atoms with Gasteiger partial charge in [0, 0.05) is 19.5 Å². The van der Waals surface area contributed by atoms with Gasteiger partial charge in [-0.25, -0.2) is 8.42 Å². The first-order chi connectivity index (χ1) is 13.0. The molecule has 1 saturated heterocycles. The van der Waals surface area contributed by atoms with Crippen LogP contribution in [0.1, 0.15) is 31.2 Å². The fourth-order valence-electron chi connectivity index (χ4n) is 3.13. The minimum Gasteiger partial charge on any atom is -0.506 e. The molecule has 0 aromatic heterocycles. The highest BCUT2D eigenvalue weighted by Crippen LogP contribution is 2.23. The molecule has 0 spiro atoms. The zero-order valence-corrected chi connectivity index (χ0v) is 15.9. The highest BCUT2D eigenvalue weighted by atomic mass is 32.2. The number of sulfonamides is 1. The van der Waals surface area contributed by atoms with Crippen LogP contribution in [0.25, 0.3) is 0 Å². The number of rotatable bonds is 6. The lowest BCUT2D eigenvalue weighted by Gasteiger charge is -2.25. The van der Waals surface area contributed by atoms with Crippen LogP contribution in [0.5, 0.6) is 5.75 Å². The van der Waals surface area contributed by atoms with Crippen molar-refractivity contribution < 1.29 is 18.3 Å². The zero-order chi connectivity index (χ0) is 19.3. The summed E-state index contributed by atoms with van der Waals surface area (Å²) in [6.07, 6.45) is 3.62. The van der Waals surface area contributed by atoms with Crippen molar-refractivity contribution in [3.63, 3.8) is 0 Å². The molecule has 3 rings (SSSR count). The van der Waals surface area contributed by atoms with Crippen LogP contribution in [0.15, 0.2) is 53.4 Å². The predicted octanol–water partition coefficient (Wildman–Crippen LogP) is 3.14. The van der Waals surface area contributed by atoms with E-state index in [0.29, 0.717) is 30.1 Å². The molecule has 0 aliphatic carbocycles. The summed E-state index contributed by atoms with van der Waals surface area (Å²) in [5.74, 6) is -0.181. The molecule has 2 aromatic carbocycles. The van der Waals surface area contributed by atoms with Crippen molar-refractivity contribution in [2.75, 3.05) is 18.4 Å². The SMILES string of the molecule is O=C(CCc1ccc(S(=O)(=O)N2CCCCC2)cc1)Nc1ccccc1O. The van der Waals surface area contributed by atoms with Crippen LogP contribution in [0.4, 0.5) is 5.69 Å². The Morgan fingerprint density at radius 3 is 2.33 bits per heavy atom. The summed E-state index contributed by atoms with van der Waals surface area (Å²) >= 11 is 0. The largest absolute Gasteiger partial charge is 0.506 e. The Labute approximate surface area is 159 Å². The Hall–Kier alpha value is -2.38. The first-order valence-electron chi connectivity index (χ1n) is 9.14. The minimum absolute atomic E-state index is 0.0260. The molecular formula is C20H24N2O4S. The number of carbonyl (C=O) groups is 1. The quantitative estimate of drug-likeness (QED) is 0.745. The van der Waals surface area contributed by atoms with Gasteiger partial charge in [-0.05, 0) is 49.1 Å². The van der Waals surface area contributed by atoms with Gasteiger partial charge in [-0.2, -0.15) is 4.31 Å². The molecule has 7 heteroatoms. The highest BCUT2D eigenvalue weighted by molar-refractivity contribution is 7.89.